The Morgan fingerprint density at radius 1 is 0.971 bits per heavy atom. The number of amides is 2. The summed E-state index contributed by atoms with van der Waals surface area (Å²) in [5.41, 5.74) is 1.27. The first kappa shape index (κ1) is 21.9. The highest BCUT2D eigenvalue weighted by molar-refractivity contribution is 6.30. The summed E-state index contributed by atoms with van der Waals surface area (Å²) in [5.74, 6) is -1.41. The fourth-order valence-electron chi connectivity index (χ4n) is 4.39. The zero-order valence-corrected chi connectivity index (χ0v) is 18.6. The number of nitro benzene ring substituents is 1. The van der Waals surface area contributed by atoms with Crippen molar-refractivity contribution in [3.63, 3.8) is 0 Å². The van der Waals surface area contributed by atoms with Gasteiger partial charge in [-0.15, -0.1) is 0 Å². The molecular weight excluding hydrogens is 462 g/mol. The summed E-state index contributed by atoms with van der Waals surface area (Å²) >= 11 is 6.02. The van der Waals surface area contributed by atoms with Crippen LogP contribution in [0.4, 0.5) is 17.1 Å². The summed E-state index contributed by atoms with van der Waals surface area (Å²) < 4.78 is 5.23. The van der Waals surface area contributed by atoms with E-state index in [1.807, 2.05) is 0 Å². The first-order valence-electron chi connectivity index (χ1n) is 10.4. The molecule has 34 heavy (non-hydrogen) atoms. The maximum absolute atomic E-state index is 13.6. The quantitative estimate of drug-likeness (QED) is 0.305. The molecule has 9 nitrogen and oxygen atoms in total. The van der Waals surface area contributed by atoms with Gasteiger partial charge in [0.25, 0.3) is 11.6 Å². The lowest BCUT2D eigenvalue weighted by atomic mass is 9.90. The van der Waals surface area contributed by atoms with Crippen molar-refractivity contribution in [2.45, 2.75) is 12.1 Å². The number of rotatable bonds is 5. The Bertz CT molecular complexity index is 1300. The van der Waals surface area contributed by atoms with Crippen molar-refractivity contribution in [2.75, 3.05) is 17.1 Å². The number of benzene rings is 3. The van der Waals surface area contributed by atoms with Gasteiger partial charge in [-0.3, -0.25) is 24.5 Å². The summed E-state index contributed by atoms with van der Waals surface area (Å²) in [6.07, 6.45) is -1.10. The Morgan fingerprint density at radius 3 is 2.41 bits per heavy atom. The van der Waals surface area contributed by atoms with Crippen LogP contribution in [-0.2, 0) is 14.4 Å². The molecule has 0 unspecified atom stereocenters. The number of nitro groups is 1. The summed E-state index contributed by atoms with van der Waals surface area (Å²) in [7, 11) is 1.49. The Kier molecular flexibility index (Phi) is 5.43. The number of nitrogens with zero attached hydrogens (tertiary/aromatic N) is 3. The number of ether oxygens (including phenoxy) is 1. The third-order valence-electron chi connectivity index (χ3n) is 5.93. The third-order valence-corrected chi connectivity index (χ3v) is 6.18. The molecule has 2 aliphatic rings. The zero-order chi connectivity index (χ0) is 24.0. The van der Waals surface area contributed by atoms with Crippen LogP contribution in [0.2, 0.25) is 5.02 Å². The summed E-state index contributed by atoms with van der Waals surface area (Å²) in [4.78, 5) is 45.0. The van der Waals surface area contributed by atoms with Gasteiger partial charge < -0.3 is 4.74 Å². The van der Waals surface area contributed by atoms with Crippen LogP contribution >= 0.6 is 11.6 Å². The van der Waals surface area contributed by atoms with Crippen LogP contribution in [0.15, 0.2) is 72.8 Å². The largest absolute Gasteiger partial charge is 0.497 e. The maximum atomic E-state index is 13.6. The van der Waals surface area contributed by atoms with E-state index in [0.717, 1.165) is 4.90 Å². The molecule has 2 amide bonds. The van der Waals surface area contributed by atoms with E-state index in [1.54, 1.807) is 60.7 Å². The molecule has 10 heteroatoms. The Hall–Kier alpha value is -3.95. The van der Waals surface area contributed by atoms with Gasteiger partial charge >= 0.3 is 0 Å². The summed E-state index contributed by atoms with van der Waals surface area (Å²) in [5, 5.41) is 13.4. The molecule has 3 aromatic carbocycles. The second-order valence-electron chi connectivity index (χ2n) is 7.86. The molecule has 0 bridgehead atoms. The SMILES string of the molecule is COc1cccc(N2C(=O)[C@H]3[C@@H](ON(c4ccc(Cl)cc4)[C@H]3c3cccc([N+](=O)[O-])c3)C2=O)c1. The molecule has 2 aliphatic heterocycles. The number of hydroxylamine groups is 1. The van der Waals surface area contributed by atoms with Crippen molar-refractivity contribution in [1.29, 1.82) is 0 Å². The highest BCUT2D eigenvalue weighted by atomic mass is 35.5. The molecule has 2 fully saturated rings. The van der Waals surface area contributed by atoms with E-state index in [0.29, 0.717) is 27.7 Å². The van der Waals surface area contributed by atoms with Gasteiger partial charge in [0.2, 0.25) is 5.91 Å². The van der Waals surface area contributed by atoms with E-state index in [2.05, 4.69) is 0 Å². The van der Waals surface area contributed by atoms with Crippen LogP contribution in [0.3, 0.4) is 0 Å². The monoisotopic (exact) mass is 479 g/mol. The van der Waals surface area contributed by atoms with Gasteiger partial charge in [-0.25, -0.2) is 9.96 Å². The number of halogens is 1. The molecule has 172 valence electrons. The predicted octanol–water partition coefficient (Wildman–Crippen LogP) is 4.31. The third kappa shape index (κ3) is 3.55. The number of hydrogen-bond donors (Lipinski definition) is 0. The van der Waals surface area contributed by atoms with Gasteiger partial charge in [-0.05, 0) is 42.0 Å². The van der Waals surface area contributed by atoms with E-state index >= 15 is 0 Å². The summed E-state index contributed by atoms with van der Waals surface area (Å²) in [6.45, 7) is 0. The van der Waals surface area contributed by atoms with Crippen molar-refractivity contribution in [3.05, 3.63) is 93.5 Å². The van der Waals surface area contributed by atoms with Gasteiger partial charge in [-0.1, -0.05) is 29.8 Å². The fraction of sp³-hybridized carbons (Fsp3) is 0.167. The lowest BCUT2D eigenvalue weighted by molar-refractivity contribution is -0.384. The Labute approximate surface area is 199 Å². The van der Waals surface area contributed by atoms with E-state index in [-0.39, 0.29) is 5.69 Å². The van der Waals surface area contributed by atoms with Crippen LogP contribution in [0.5, 0.6) is 5.75 Å². The van der Waals surface area contributed by atoms with Crippen LogP contribution in [0.25, 0.3) is 0 Å². The minimum atomic E-state index is -1.10. The van der Waals surface area contributed by atoms with Crippen LogP contribution in [0, 0.1) is 16.0 Å². The number of carbonyl (C=O) groups is 2. The van der Waals surface area contributed by atoms with Crippen molar-refractivity contribution in [2.24, 2.45) is 5.92 Å². The van der Waals surface area contributed by atoms with Gasteiger partial charge in [-0.2, -0.15) is 0 Å². The lowest BCUT2D eigenvalue weighted by Gasteiger charge is -2.28. The van der Waals surface area contributed by atoms with Gasteiger partial charge in [0.05, 0.1) is 29.4 Å². The molecule has 0 saturated carbocycles. The van der Waals surface area contributed by atoms with E-state index in [9.17, 15) is 19.7 Å². The number of carbonyl (C=O) groups excluding carboxylic acids is 2. The zero-order valence-electron chi connectivity index (χ0n) is 17.8. The first-order valence-corrected chi connectivity index (χ1v) is 10.7. The van der Waals surface area contributed by atoms with Crippen LogP contribution in [-0.4, -0.2) is 30.0 Å². The molecule has 2 heterocycles. The van der Waals surface area contributed by atoms with E-state index in [4.69, 9.17) is 21.2 Å². The predicted molar refractivity (Wildman–Crippen MR) is 124 cm³/mol. The number of methoxy groups -OCH3 is 1. The Balaban J connectivity index is 1.60. The van der Waals surface area contributed by atoms with E-state index in [1.165, 1.54) is 24.3 Å². The first-order chi connectivity index (χ1) is 16.4. The molecule has 0 aliphatic carbocycles. The minimum absolute atomic E-state index is 0.126. The van der Waals surface area contributed by atoms with Crippen molar-refractivity contribution in [3.8, 4) is 5.75 Å². The van der Waals surface area contributed by atoms with E-state index < -0.39 is 34.8 Å². The van der Waals surface area contributed by atoms with Crippen LogP contribution < -0.4 is 14.7 Å². The molecule has 0 radical (unpaired) electrons. The standard InChI is InChI=1S/C24H18ClN3O6/c1-33-19-7-3-5-17(13-19)26-23(29)20-21(14-4-2-6-18(12-14)28(31)32)27(34-22(20)24(26)30)16-10-8-15(25)9-11-16/h2-13,20-22H,1H3/t20-,21+,22-/m1/s1. The molecule has 3 aromatic rings. The lowest BCUT2D eigenvalue weighted by Crippen LogP contribution is -2.37. The molecule has 2 saturated heterocycles. The molecule has 0 N–H and O–H groups in total. The van der Waals surface area contributed by atoms with Crippen molar-refractivity contribution < 1.29 is 24.1 Å². The molecule has 3 atom stereocenters. The summed E-state index contributed by atoms with van der Waals surface area (Å²) in [6, 6.07) is 18.5. The highest BCUT2D eigenvalue weighted by Gasteiger charge is 2.60. The molecular formula is C24H18ClN3O6. The normalized spacial score (nSPS) is 21.6. The number of anilines is 2. The van der Waals surface area contributed by atoms with Crippen LogP contribution in [0.1, 0.15) is 11.6 Å². The number of fused-ring (bicyclic) bond motifs is 1. The van der Waals surface area contributed by atoms with Crippen molar-refractivity contribution in [1.82, 2.24) is 0 Å². The topological polar surface area (TPSA) is 102 Å². The number of imide groups is 1. The highest BCUT2D eigenvalue weighted by Crippen LogP contribution is 2.48. The molecule has 0 aromatic heterocycles. The second-order valence-corrected chi connectivity index (χ2v) is 8.30. The fourth-order valence-corrected chi connectivity index (χ4v) is 4.52. The number of non-ortho nitro benzene ring substituents is 1. The van der Waals surface area contributed by atoms with Gasteiger partial charge in [0.1, 0.15) is 11.7 Å². The van der Waals surface area contributed by atoms with Gasteiger partial charge in [0, 0.05) is 23.2 Å². The Morgan fingerprint density at radius 2 is 1.71 bits per heavy atom. The smallest absolute Gasteiger partial charge is 0.269 e. The number of hydrogen-bond acceptors (Lipinski definition) is 7. The van der Waals surface area contributed by atoms with Gasteiger partial charge in [0.15, 0.2) is 6.10 Å². The molecule has 0 spiro atoms. The maximum Gasteiger partial charge on any atom is 0.269 e. The average Bonchev–Trinajstić information content (AvgIpc) is 3.35. The minimum Gasteiger partial charge on any atom is -0.497 e. The average molecular weight is 480 g/mol. The molecule has 5 rings (SSSR count). The van der Waals surface area contributed by atoms with Crippen molar-refractivity contribution >= 4 is 40.5 Å². The second kappa shape index (κ2) is 8.44.